The lowest BCUT2D eigenvalue weighted by Gasteiger charge is -2.28. The minimum Gasteiger partial charge on any atom is -0.481 e. The summed E-state index contributed by atoms with van der Waals surface area (Å²) in [7, 11) is 2.01. The smallest absolute Gasteiger partial charge is 0.303 e. The summed E-state index contributed by atoms with van der Waals surface area (Å²) in [5, 5.41) is 8.77. The van der Waals surface area contributed by atoms with Crippen molar-refractivity contribution in [3.63, 3.8) is 0 Å². The standard InChI is InChI=1S/C17H20N2O2/c1-19(13-7-11-16(20)21)17(14-8-3-2-4-9-14)15-10-5-6-12-18-15/h2-6,8-10,12,17H,7,11,13H2,1H3,(H,20,21). The maximum absolute atomic E-state index is 10.7. The van der Waals surface area contributed by atoms with E-state index in [1.807, 2.05) is 43.4 Å². The molecule has 4 nitrogen and oxygen atoms in total. The zero-order chi connectivity index (χ0) is 15.1. The van der Waals surface area contributed by atoms with Crippen molar-refractivity contribution in [1.29, 1.82) is 0 Å². The fourth-order valence-electron chi connectivity index (χ4n) is 2.43. The number of rotatable bonds is 7. The fourth-order valence-corrected chi connectivity index (χ4v) is 2.43. The van der Waals surface area contributed by atoms with E-state index in [1.165, 1.54) is 0 Å². The highest BCUT2D eigenvalue weighted by molar-refractivity contribution is 5.66. The maximum Gasteiger partial charge on any atom is 0.303 e. The molecule has 1 atom stereocenters. The summed E-state index contributed by atoms with van der Waals surface area (Å²) in [6, 6.07) is 16.1. The Bertz CT molecular complexity index is 518. The Morgan fingerprint density at radius 1 is 1.19 bits per heavy atom. The highest BCUT2D eigenvalue weighted by Gasteiger charge is 2.20. The van der Waals surface area contributed by atoms with E-state index in [-0.39, 0.29) is 12.5 Å². The number of carbonyl (C=O) groups is 1. The molecular weight excluding hydrogens is 264 g/mol. The van der Waals surface area contributed by atoms with Crippen LogP contribution >= 0.6 is 0 Å². The third-order valence-electron chi connectivity index (χ3n) is 3.43. The molecule has 0 radical (unpaired) electrons. The highest BCUT2D eigenvalue weighted by Crippen LogP contribution is 2.26. The predicted molar refractivity (Wildman–Crippen MR) is 82.0 cm³/mol. The van der Waals surface area contributed by atoms with Gasteiger partial charge in [0.15, 0.2) is 0 Å². The van der Waals surface area contributed by atoms with Crippen LogP contribution in [0.2, 0.25) is 0 Å². The van der Waals surface area contributed by atoms with Gasteiger partial charge in [0, 0.05) is 12.6 Å². The van der Waals surface area contributed by atoms with Crippen LogP contribution in [-0.2, 0) is 4.79 Å². The van der Waals surface area contributed by atoms with E-state index in [1.54, 1.807) is 6.20 Å². The first-order chi connectivity index (χ1) is 10.2. The quantitative estimate of drug-likeness (QED) is 0.849. The van der Waals surface area contributed by atoms with Crippen molar-refractivity contribution >= 4 is 5.97 Å². The Kier molecular flexibility index (Phi) is 5.46. The van der Waals surface area contributed by atoms with Crippen LogP contribution in [-0.4, -0.2) is 34.6 Å². The molecule has 1 unspecified atom stereocenters. The zero-order valence-corrected chi connectivity index (χ0v) is 12.1. The summed E-state index contributed by atoms with van der Waals surface area (Å²) in [4.78, 5) is 17.3. The molecular formula is C17H20N2O2. The SMILES string of the molecule is CN(CCCC(=O)O)C(c1ccccc1)c1ccccn1. The molecule has 0 fully saturated rings. The molecule has 0 saturated carbocycles. The van der Waals surface area contributed by atoms with Crippen LogP contribution < -0.4 is 0 Å². The van der Waals surface area contributed by atoms with Gasteiger partial charge in [0.1, 0.15) is 0 Å². The number of nitrogens with zero attached hydrogens (tertiary/aromatic N) is 2. The number of carboxylic acid groups (broad SMARTS) is 1. The molecule has 1 aromatic heterocycles. The molecule has 0 bridgehead atoms. The number of hydrogen-bond donors (Lipinski definition) is 1. The lowest BCUT2D eigenvalue weighted by molar-refractivity contribution is -0.137. The predicted octanol–water partition coefficient (Wildman–Crippen LogP) is 2.97. The van der Waals surface area contributed by atoms with Crippen molar-refractivity contribution in [2.45, 2.75) is 18.9 Å². The van der Waals surface area contributed by atoms with E-state index in [9.17, 15) is 4.79 Å². The third-order valence-corrected chi connectivity index (χ3v) is 3.43. The van der Waals surface area contributed by atoms with E-state index in [0.29, 0.717) is 13.0 Å². The Morgan fingerprint density at radius 2 is 1.90 bits per heavy atom. The van der Waals surface area contributed by atoms with Crippen LogP contribution in [0.3, 0.4) is 0 Å². The normalized spacial score (nSPS) is 12.3. The summed E-state index contributed by atoms with van der Waals surface area (Å²) in [5.74, 6) is -0.752. The zero-order valence-electron chi connectivity index (χ0n) is 12.1. The number of pyridine rings is 1. The van der Waals surface area contributed by atoms with Gasteiger partial charge in [-0.05, 0) is 37.7 Å². The fraction of sp³-hybridized carbons (Fsp3) is 0.294. The first-order valence-corrected chi connectivity index (χ1v) is 7.06. The lowest BCUT2D eigenvalue weighted by atomic mass is 10.0. The van der Waals surface area contributed by atoms with Gasteiger partial charge in [-0.25, -0.2) is 0 Å². The summed E-state index contributed by atoms with van der Waals surface area (Å²) in [5.41, 5.74) is 2.13. The van der Waals surface area contributed by atoms with E-state index in [2.05, 4.69) is 22.0 Å². The summed E-state index contributed by atoms with van der Waals surface area (Å²) in [6.45, 7) is 0.711. The average Bonchev–Trinajstić information content (AvgIpc) is 2.49. The molecule has 0 amide bonds. The van der Waals surface area contributed by atoms with Crippen molar-refractivity contribution in [3.05, 3.63) is 66.0 Å². The largest absolute Gasteiger partial charge is 0.481 e. The number of hydrogen-bond acceptors (Lipinski definition) is 3. The van der Waals surface area contributed by atoms with Crippen LogP contribution in [0.4, 0.5) is 0 Å². The minimum absolute atomic E-state index is 0.0428. The first-order valence-electron chi connectivity index (χ1n) is 7.06. The molecule has 2 aromatic rings. The van der Waals surface area contributed by atoms with E-state index in [4.69, 9.17) is 5.11 Å². The van der Waals surface area contributed by atoms with E-state index >= 15 is 0 Å². The first kappa shape index (κ1) is 15.2. The second-order valence-electron chi connectivity index (χ2n) is 5.05. The summed E-state index contributed by atoms with van der Waals surface area (Å²) >= 11 is 0. The molecule has 0 aliphatic rings. The topological polar surface area (TPSA) is 53.4 Å². The Labute approximate surface area is 125 Å². The number of carboxylic acids is 1. The van der Waals surface area contributed by atoms with Gasteiger partial charge >= 0.3 is 5.97 Å². The molecule has 0 aliphatic carbocycles. The molecule has 4 heteroatoms. The second-order valence-corrected chi connectivity index (χ2v) is 5.05. The van der Waals surface area contributed by atoms with Crippen LogP contribution in [0.25, 0.3) is 0 Å². The summed E-state index contributed by atoms with van der Waals surface area (Å²) in [6.07, 6.45) is 2.60. The van der Waals surface area contributed by atoms with Gasteiger partial charge in [-0.3, -0.25) is 14.7 Å². The number of aromatic nitrogens is 1. The highest BCUT2D eigenvalue weighted by atomic mass is 16.4. The molecule has 1 N–H and O–H groups in total. The summed E-state index contributed by atoms with van der Waals surface area (Å²) < 4.78 is 0. The van der Waals surface area contributed by atoms with Crippen LogP contribution in [0.15, 0.2) is 54.7 Å². The Hall–Kier alpha value is -2.20. The molecule has 1 heterocycles. The van der Waals surface area contributed by atoms with Gasteiger partial charge in [0.25, 0.3) is 0 Å². The van der Waals surface area contributed by atoms with Crippen molar-refractivity contribution in [1.82, 2.24) is 9.88 Å². The monoisotopic (exact) mass is 284 g/mol. The molecule has 21 heavy (non-hydrogen) atoms. The van der Waals surface area contributed by atoms with Gasteiger partial charge in [0.2, 0.25) is 0 Å². The molecule has 0 saturated heterocycles. The van der Waals surface area contributed by atoms with Gasteiger partial charge in [-0.1, -0.05) is 36.4 Å². The van der Waals surface area contributed by atoms with Gasteiger partial charge < -0.3 is 5.11 Å². The lowest BCUT2D eigenvalue weighted by Crippen LogP contribution is -2.27. The van der Waals surface area contributed by atoms with Crippen molar-refractivity contribution < 1.29 is 9.90 Å². The minimum atomic E-state index is -0.752. The Morgan fingerprint density at radius 3 is 2.52 bits per heavy atom. The van der Waals surface area contributed by atoms with Crippen molar-refractivity contribution in [2.75, 3.05) is 13.6 Å². The molecule has 110 valence electrons. The van der Waals surface area contributed by atoms with Crippen LogP contribution in [0.5, 0.6) is 0 Å². The molecule has 1 aromatic carbocycles. The van der Waals surface area contributed by atoms with E-state index in [0.717, 1.165) is 11.3 Å². The molecule has 0 aliphatic heterocycles. The molecule has 0 spiro atoms. The van der Waals surface area contributed by atoms with Gasteiger partial charge in [0.05, 0.1) is 11.7 Å². The number of aliphatic carboxylic acids is 1. The van der Waals surface area contributed by atoms with E-state index < -0.39 is 5.97 Å². The van der Waals surface area contributed by atoms with Crippen molar-refractivity contribution in [3.8, 4) is 0 Å². The third kappa shape index (κ3) is 4.39. The number of benzene rings is 1. The Balaban J connectivity index is 2.18. The maximum atomic E-state index is 10.7. The second kappa shape index (κ2) is 7.55. The van der Waals surface area contributed by atoms with Crippen LogP contribution in [0.1, 0.15) is 30.1 Å². The van der Waals surface area contributed by atoms with Gasteiger partial charge in [-0.15, -0.1) is 0 Å². The van der Waals surface area contributed by atoms with Crippen LogP contribution in [0, 0.1) is 0 Å². The average molecular weight is 284 g/mol. The molecule has 2 rings (SSSR count). The van der Waals surface area contributed by atoms with Gasteiger partial charge in [-0.2, -0.15) is 0 Å². The van der Waals surface area contributed by atoms with Crippen molar-refractivity contribution in [2.24, 2.45) is 0 Å².